The first-order valence-corrected chi connectivity index (χ1v) is 9.97. The molecule has 0 aliphatic carbocycles. The summed E-state index contributed by atoms with van der Waals surface area (Å²) >= 11 is 12.4. The zero-order chi connectivity index (χ0) is 20.1. The number of halogens is 2. The molecule has 0 spiro atoms. The maximum atomic E-state index is 14.0. The van der Waals surface area contributed by atoms with Gasteiger partial charge in [-0.25, -0.2) is 9.37 Å². The van der Waals surface area contributed by atoms with Crippen LogP contribution in [0.1, 0.15) is 29.0 Å². The number of nitrogens with zero attached hydrogens (tertiary/aromatic N) is 1. The number of carbonyl (C=O) groups is 1. The van der Waals surface area contributed by atoms with Crippen molar-refractivity contribution in [3.8, 4) is 0 Å². The number of hydrogen-bond acceptors (Lipinski definition) is 4. The van der Waals surface area contributed by atoms with Gasteiger partial charge in [0.15, 0.2) is 5.11 Å². The van der Waals surface area contributed by atoms with Crippen LogP contribution in [0.5, 0.6) is 0 Å². The maximum Gasteiger partial charge on any atom is 0.275 e. The van der Waals surface area contributed by atoms with Gasteiger partial charge in [-0.2, -0.15) is 0 Å². The van der Waals surface area contributed by atoms with E-state index < -0.39 is 5.82 Å². The fourth-order valence-electron chi connectivity index (χ4n) is 2.45. The van der Waals surface area contributed by atoms with Crippen LogP contribution in [0.15, 0.2) is 53.4 Å². The molecule has 3 N–H and O–H groups in total. The average Bonchev–Trinajstić information content (AvgIpc) is 3.18. The fraction of sp³-hybridized carbons (Fsp3) is 0.105. The third kappa shape index (κ3) is 5.25. The van der Waals surface area contributed by atoms with Gasteiger partial charge in [0.05, 0.1) is 11.6 Å². The molecule has 144 valence electrons. The molecule has 0 bridgehead atoms. The molecule has 0 saturated heterocycles. The minimum atomic E-state index is -0.393. The molecule has 3 aromatic rings. The van der Waals surface area contributed by atoms with Crippen molar-refractivity contribution in [3.63, 3.8) is 0 Å². The second-order valence-electron chi connectivity index (χ2n) is 5.89. The normalized spacial score (nSPS) is 11.5. The van der Waals surface area contributed by atoms with Crippen LogP contribution in [0.4, 0.5) is 15.8 Å². The van der Waals surface area contributed by atoms with Gasteiger partial charge in [-0.05, 0) is 55.5 Å². The van der Waals surface area contributed by atoms with Gasteiger partial charge in [0.2, 0.25) is 0 Å². The second-order valence-corrected chi connectivity index (χ2v) is 7.45. The Morgan fingerprint density at radius 1 is 1.18 bits per heavy atom. The van der Waals surface area contributed by atoms with Gasteiger partial charge in [0, 0.05) is 27.3 Å². The lowest BCUT2D eigenvalue weighted by Crippen LogP contribution is -2.31. The monoisotopic (exact) mass is 434 g/mol. The molecule has 0 fully saturated rings. The third-order valence-corrected chi connectivity index (χ3v) is 4.88. The molecule has 1 heterocycles. The first-order valence-electron chi connectivity index (χ1n) is 8.24. The highest BCUT2D eigenvalue weighted by Crippen LogP contribution is 2.21. The van der Waals surface area contributed by atoms with E-state index in [0.29, 0.717) is 27.1 Å². The molecular formula is C19H16ClFN4OS2. The zero-order valence-electron chi connectivity index (χ0n) is 14.7. The summed E-state index contributed by atoms with van der Waals surface area (Å²) < 4.78 is 14.0. The number of hydrogen-bond donors (Lipinski definition) is 3. The van der Waals surface area contributed by atoms with Crippen LogP contribution in [-0.4, -0.2) is 16.0 Å². The second kappa shape index (κ2) is 9.09. The lowest BCUT2D eigenvalue weighted by molar-refractivity contribution is 0.102. The van der Waals surface area contributed by atoms with Crippen LogP contribution < -0.4 is 16.0 Å². The molecular weight excluding hydrogens is 419 g/mol. The first-order chi connectivity index (χ1) is 13.4. The summed E-state index contributed by atoms with van der Waals surface area (Å²) in [6.07, 6.45) is 0. The number of thiazole rings is 1. The van der Waals surface area contributed by atoms with E-state index in [-0.39, 0.29) is 11.9 Å². The molecule has 0 radical (unpaired) electrons. The van der Waals surface area contributed by atoms with Crippen LogP contribution in [-0.2, 0) is 0 Å². The number of amides is 1. The van der Waals surface area contributed by atoms with Gasteiger partial charge in [0.25, 0.3) is 5.91 Å². The Kier molecular flexibility index (Phi) is 6.56. The van der Waals surface area contributed by atoms with Crippen molar-refractivity contribution < 1.29 is 9.18 Å². The van der Waals surface area contributed by atoms with Crippen LogP contribution in [0.2, 0.25) is 5.02 Å². The molecule has 1 unspecified atom stereocenters. The molecule has 1 atom stereocenters. The Bertz CT molecular complexity index is 980. The summed E-state index contributed by atoms with van der Waals surface area (Å²) in [5, 5.41) is 11.2. The summed E-state index contributed by atoms with van der Waals surface area (Å²) in [5.74, 6) is -0.659. The molecule has 0 saturated carbocycles. The molecule has 5 nitrogen and oxygen atoms in total. The highest BCUT2D eigenvalue weighted by molar-refractivity contribution is 7.80. The van der Waals surface area contributed by atoms with Gasteiger partial charge in [-0.15, -0.1) is 11.3 Å². The molecule has 28 heavy (non-hydrogen) atoms. The van der Waals surface area contributed by atoms with E-state index >= 15 is 0 Å². The smallest absolute Gasteiger partial charge is 0.275 e. The Balaban J connectivity index is 1.56. The Labute approximate surface area is 176 Å². The van der Waals surface area contributed by atoms with E-state index in [0.717, 1.165) is 5.69 Å². The van der Waals surface area contributed by atoms with Crippen molar-refractivity contribution >= 4 is 57.5 Å². The largest absolute Gasteiger partial charge is 0.356 e. The molecule has 1 amide bonds. The molecule has 0 aliphatic heterocycles. The number of thiocarbonyl (C=S) groups is 1. The predicted octanol–water partition coefficient (Wildman–Crippen LogP) is 5.24. The topological polar surface area (TPSA) is 66.0 Å². The van der Waals surface area contributed by atoms with E-state index in [9.17, 15) is 9.18 Å². The predicted molar refractivity (Wildman–Crippen MR) is 116 cm³/mol. The third-order valence-electron chi connectivity index (χ3n) is 3.84. The van der Waals surface area contributed by atoms with Crippen molar-refractivity contribution in [1.29, 1.82) is 0 Å². The molecule has 0 aliphatic rings. The molecule has 1 aromatic heterocycles. The number of anilines is 2. The Morgan fingerprint density at radius 2 is 1.86 bits per heavy atom. The number of carbonyl (C=O) groups excluding carboxylic acids is 1. The van der Waals surface area contributed by atoms with E-state index in [2.05, 4.69) is 20.9 Å². The summed E-state index contributed by atoms with van der Waals surface area (Å²) in [5.41, 5.74) is 3.81. The van der Waals surface area contributed by atoms with Gasteiger partial charge >= 0.3 is 0 Å². The van der Waals surface area contributed by atoms with Crippen LogP contribution in [0, 0.1) is 5.82 Å². The summed E-state index contributed by atoms with van der Waals surface area (Å²) in [7, 11) is 0. The average molecular weight is 435 g/mol. The lowest BCUT2D eigenvalue weighted by atomic mass is 10.1. The fourth-order valence-corrected chi connectivity index (χ4v) is 3.44. The van der Waals surface area contributed by atoms with E-state index in [1.807, 2.05) is 0 Å². The number of rotatable bonds is 5. The summed E-state index contributed by atoms with van der Waals surface area (Å²) in [4.78, 5) is 16.0. The zero-order valence-corrected chi connectivity index (χ0v) is 17.1. The van der Waals surface area contributed by atoms with Crippen molar-refractivity contribution in [3.05, 3.63) is 75.5 Å². The lowest BCUT2D eigenvalue weighted by Gasteiger charge is -2.18. The van der Waals surface area contributed by atoms with Crippen molar-refractivity contribution in [2.75, 3.05) is 10.6 Å². The molecule has 2 aromatic carbocycles. The number of benzene rings is 2. The molecule has 9 heteroatoms. The molecule has 3 rings (SSSR count). The van der Waals surface area contributed by atoms with Crippen molar-refractivity contribution in [2.24, 2.45) is 0 Å². The highest BCUT2D eigenvalue weighted by atomic mass is 35.5. The number of aromatic nitrogens is 1. The van der Waals surface area contributed by atoms with Crippen LogP contribution in [0.3, 0.4) is 0 Å². The van der Waals surface area contributed by atoms with E-state index in [1.165, 1.54) is 17.4 Å². The first kappa shape index (κ1) is 20.2. The number of nitrogens with one attached hydrogen (secondary N) is 3. The van der Waals surface area contributed by atoms with E-state index in [4.69, 9.17) is 23.8 Å². The summed E-state index contributed by atoms with van der Waals surface area (Å²) in [6.45, 7) is 1.80. The van der Waals surface area contributed by atoms with Gasteiger partial charge in [-0.3, -0.25) is 4.79 Å². The summed E-state index contributed by atoms with van der Waals surface area (Å²) in [6, 6.07) is 11.2. The van der Waals surface area contributed by atoms with Crippen LogP contribution in [0.25, 0.3) is 0 Å². The quantitative estimate of drug-likeness (QED) is 0.479. The van der Waals surface area contributed by atoms with E-state index in [1.54, 1.807) is 54.2 Å². The Hall–Kier alpha value is -2.55. The minimum absolute atomic E-state index is 0.266. The highest BCUT2D eigenvalue weighted by Gasteiger charge is 2.13. The minimum Gasteiger partial charge on any atom is -0.356 e. The Morgan fingerprint density at radius 3 is 2.46 bits per heavy atom. The SMILES string of the molecule is CC(NC(=S)Nc1ccc(NC(=O)c2cscn2)cc1)c1ccc(Cl)cc1F. The van der Waals surface area contributed by atoms with Gasteiger partial charge < -0.3 is 16.0 Å². The van der Waals surface area contributed by atoms with Gasteiger partial charge in [-0.1, -0.05) is 17.7 Å². The standard InChI is InChI=1S/C19H16ClFN4OS2/c1-11(15-7-2-12(20)8-16(15)21)23-19(27)25-14-5-3-13(4-6-14)24-18(26)17-9-28-10-22-17/h2-11H,1H3,(H,24,26)(H2,23,25,27). The van der Waals surface area contributed by atoms with Crippen molar-refractivity contribution in [1.82, 2.24) is 10.3 Å². The van der Waals surface area contributed by atoms with Crippen molar-refractivity contribution in [2.45, 2.75) is 13.0 Å². The van der Waals surface area contributed by atoms with Crippen LogP contribution >= 0.6 is 35.2 Å². The van der Waals surface area contributed by atoms with Gasteiger partial charge in [0.1, 0.15) is 11.5 Å². The maximum absolute atomic E-state index is 14.0.